The van der Waals surface area contributed by atoms with E-state index >= 15 is 0 Å². The van der Waals surface area contributed by atoms with Crippen LogP contribution in [0.1, 0.15) is 16.7 Å². The van der Waals surface area contributed by atoms with Gasteiger partial charge in [0.2, 0.25) is 0 Å². The number of aromatic nitrogens is 2. The lowest BCUT2D eigenvalue weighted by Crippen LogP contribution is -1.95. The number of H-pyrrole nitrogens is 1. The smallest absolute Gasteiger partial charge is 0.130 e. The number of anilines is 3. The summed E-state index contributed by atoms with van der Waals surface area (Å²) in [4.78, 5) is 0. The molecule has 1 aliphatic rings. The van der Waals surface area contributed by atoms with Gasteiger partial charge in [0, 0.05) is 28.9 Å². The second kappa shape index (κ2) is 4.53. The summed E-state index contributed by atoms with van der Waals surface area (Å²) in [5.41, 5.74) is 12.6. The molecule has 0 radical (unpaired) electrons. The summed E-state index contributed by atoms with van der Waals surface area (Å²) in [7, 11) is 0. The summed E-state index contributed by atoms with van der Waals surface area (Å²) in [6.45, 7) is 1.90. The molecule has 0 saturated heterocycles. The van der Waals surface area contributed by atoms with Gasteiger partial charge in [0.1, 0.15) is 11.6 Å². The van der Waals surface area contributed by atoms with Crippen molar-refractivity contribution in [3.63, 3.8) is 0 Å². The zero-order chi connectivity index (χ0) is 15.3. The largest absolute Gasteiger partial charge is 0.508 e. The fourth-order valence-electron chi connectivity index (χ4n) is 2.92. The molecule has 1 aliphatic carbocycles. The number of nitrogens with zero attached hydrogens (tertiary/aromatic N) is 1. The molecule has 0 aliphatic heterocycles. The van der Waals surface area contributed by atoms with Crippen LogP contribution in [0, 0.1) is 6.92 Å². The molecule has 22 heavy (non-hydrogen) atoms. The van der Waals surface area contributed by atoms with Gasteiger partial charge in [-0.15, -0.1) is 0 Å². The third kappa shape index (κ3) is 1.90. The first-order chi connectivity index (χ1) is 10.6. The van der Waals surface area contributed by atoms with Gasteiger partial charge < -0.3 is 16.2 Å². The van der Waals surface area contributed by atoms with Crippen LogP contribution < -0.4 is 11.1 Å². The van der Waals surface area contributed by atoms with Crippen LogP contribution in [-0.2, 0) is 6.42 Å². The van der Waals surface area contributed by atoms with Crippen molar-refractivity contribution in [1.82, 2.24) is 10.2 Å². The maximum atomic E-state index is 9.88. The van der Waals surface area contributed by atoms with Crippen molar-refractivity contribution in [2.75, 3.05) is 11.1 Å². The molecule has 0 fully saturated rings. The van der Waals surface area contributed by atoms with Gasteiger partial charge in [0.05, 0.1) is 5.69 Å². The highest BCUT2D eigenvalue weighted by Crippen LogP contribution is 2.41. The zero-order valence-electron chi connectivity index (χ0n) is 12.1. The minimum absolute atomic E-state index is 0.332. The molecule has 5 nitrogen and oxygen atoms in total. The quantitative estimate of drug-likeness (QED) is 0.427. The summed E-state index contributed by atoms with van der Waals surface area (Å²) >= 11 is 0. The van der Waals surface area contributed by atoms with E-state index in [9.17, 15) is 5.11 Å². The number of nitrogens with two attached hydrogens (primary N) is 1. The third-order valence-corrected chi connectivity index (χ3v) is 4.07. The zero-order valence-corrected chi connectivity index (χ0v) is 12.1. The maximum absolute atomic E-state index is 9.88. The number of hydrogen-bond donors (Lipinski definition) is 4. The minimum Gasteiger partial charge on any atom is -0.508 e. The first-order valence-electron chi connectivity index (χ1n) is 7.14. The number of nitrogen functional groups attached to an aromatic ring is 1. The molecule has 0 bridgehead atoms. The van der Waals surface area contributed by atoms with Gasteiger partial charge in [0.15, 0.2) is 0 Å². The van der Waals surface area contributed by atoms with E-state index in [1.165, 1.54) is 0 Å². The molecular weight excluding hydrogens is 276 g/mol. The Morgan fingerprint density at radius 3 is 2.95 bits per heavy atom. The van der Waals surface area contributed by atoms with Crippen molar-refractivity contribution < 1.29 is 5.11 Å². The van der Waals surface area contributed by atoms with Gasteiger partial charge in [-0.1, -0.05) is 6.07 Å². The fourth-order valence-corrected chi connectivity index (χ4v) is 2.92. The standard InChI is InChI=1S/C17H16N4O/c1-9-5-13-10(7-15(9)22)6-14-16(13)20-21-17(14)19-12-4-2-3-11(18)8-12/h2-5,7-8,22H,6,18H2,1H3,(H2,19,20,21). The lowest BCUT2D eigenvalue weighted by molar-refractivity contribution is 0.470. The van der Waals surface area contributed by atoms with E-state index in [4.69, 9.17) is 5.73 Å². The van der Waals surface area contributed by atoms with Crippen molar-refractivity contribution in [3.8, 4) is 17.0 Å². The first kappa shape index (κ1) is 12.8. The lowest BCUT2D eigenvalue weighted by Gasteiger charge is -2.06. The van der Waals surface area contributed by atoms with Crippen molar-refractivity contribution in [2.45, 2.75) is 13.3 Å². The van der Waals surface area contributed by atoms with Gasteiger partial charge in [-0.05, 0) is 48.4 Å². The van der Waals surface area contributed by atoms with Crippen molar-refractivity contribution in [2.24, 2.45) is 0 Å². The number of fused-ring (bicyclic) bond motifs is 3. The normalized spacial score (nSPS) is 12.0. The number of phenolic OH excluding ortho intramolecular Hbond substituents is 1. The van der Waals surface area contributed by atoms with Crippen LogP contribution in [0.15, 0.2) is 36.4 Å². The van der Waals surface area contributed by atoms with Crippen molar-refractivity contribution in [1.29, 1.82) is 0 Å². The van der Waals surface area contributed by atoms with Gasteiger partial charge in [0.25, 0.3) is 0 Å². The topological polar surface area (TPSA) is 87.0 Å². The monoisotopic (exact) mass is 292 g/mol. The van der Waals surface area contributed by atoms with Crippen LogP contribution in [0.3, 0.4) is 0 Å². The van der Waals surface area contributed by atoms with E-state index in [1.54, 1.807) is 0 Å². The number of benzene rings is 2. The molecule has 0 atom stereocenters. The van der Waals surface area contributed by atoms with Crippen LogP contribution in [0.4, 0.5) is 17.2 Å². The number of phenols is 1. The lowest BCUT2D eigenvalue weighted by atomic mass is 10.1. The van der Waals surface area contributed by atoms with Gasteiger partial charge >= 0.3 is 0 Å². The minimum atomic E-state index is 0.332. The highest BCUT2D eigenvalue weighted by Gasteiger charge is 2.25. The van der Waals surface area contributed by atoms with E-state index in [-0.39, 0.29) is 0 Å². The summed E-state index contributed by atoms with van der Waals surface area (Å²) in [5, 5.41) is 20.7. The average molecular weight is 292 g/mol. The van der Waals surface area contributed by atoms with E-state index in [0.717, 1.165) is 45.9 Å². The van der Waals surface area contributed by atoms with E-state index in [0.29, 0.717) is 11.4 Å². The first-order valence-corrected chi connectivity index (χ1v) is 7.14. The predicted molar refractivity (Wildman–Crippen MR) is 87.4 cm³/mol. The number of aromatic hydroxyl groups is 1. The Labute approximate surface area is 127 Å². The van der Waals surface area contributed by atoms with E-state index < -0.39 is 0 Å². The summed E-state index contributed by atoms with van der Waals surface area (Å²) in [5.74, 6) is 1.20. The number of aromatic amines is 1. The van der Waals surface area contributed by atoms with Crippen molar-refractivity contribution >= 4 is 17.2 Å². The molecule has 2 aromatic carbocycles. The average Bonchev–Trinajstić information content (AvgIpc) is 3.01. The Hall–Kier alpha value is -2.95. The Bertz CT molecular complexity index is 882. The van der Waals surface area contributed by atoms with E-state index in [1.807, 2.05) is 43.3 Å². The fraction of sp³-hybridized carbons (Fsp3) is 0.118. The Morgan fingerprint density at radius 1 is 1.27 bits per heavy atom. The van der Waals surface area contributed by atoms with Crippen LogP contribution in [-0.4, -0.2) is 15.3 Å². The summed E-state index contributed by atoms with van der Waals surface area (Å²) in [6, 6.07) is 11.4. The maximum Gasteiger partial charge on any atom is 0.130 e. The Kier molecular flexibility index (Phi) is 2.63. The van der Waals surface area contributed by atoms with Crippen LogP contribution >= 0.6 is 0 Å². The molecule has 0 unspecified atom stereocenters. The van der Waals surface area contributed by atoms with Crippen LogP contribution in [0.2, 0.25) is 0 Å². The molecule has 110 valence electrons. The van der Waals surface area contributed by atoms with Gasteiger partial charge in [-0.3, -0.25) is 5.10 Å². The molecule has 0 amide bonds. The molecule has 0 saturated carbocycles. The number of nitrogens with one attached hydrogen (secondary N) is 2. The Morgan fingerprint density at radius 2 is 2.14 bits per heavy atom. The molecule has 5 heteroatoms. The molecule has 1 heterocycles. The van der Waals surface area contributed by atoms with Gasteiger partial charge in [-0.2, -0.15) is 5.10 Å². The van der Waals surface area contributed by atoms with E-state index in [2.05, 4.69) is 15.5 Å². The van der Waals surface area contributed by atoms with Crippen LogP contribution in [0.25, 0.3) is 11.3 Å². The third-order valence-electron chi connectivity index (χ3n) is 4.07. The van der Waals surface area contributed by atoms with Crippen molar-refractivity contribution in [3.05, 3.63) is 53.1 Å². The molecule has 0 spiro atoms. The SMILES string of the molecule is Cc1cc2c(cc1O)Cc1c-2n[nH]c1Nc1cccc(N)c1. The van der Waals surface area contributed by atoms with Gasteiger partial charge in [-0.25, -0.2) is 0 Å². The molecule has 4 rings (SSSR count). The number of rotatable bonds is 2. The number of hydrogen-bond acceptors (Lipinski definition) is 4. The molecular formula is C17H16N4O. The predicted octanol–water partition coefficient (Wildman–Crippen LogP) is 3.32. The highest BCUT2D eigenvalue weighted by molar-refractivity contribution is 5.81. The summed E-state index contributed by atoms with van der Waals surface area (Å²) in [6.07, 6.45) is 0.750. The van der Waals surface area contributed by atoms with Crippen LogP contribution in [0.5, 0.6) is 5.75 Å². The molecule has 3 aromatic rings. The summed E-state index contributed by atoms with van der Waals surface area (Å²) < 4.78 is 0. The second-order valence-corrected chi connectivity index (χ2v) is 5.65. The Balaban J connectivity index is 1.72. The number of aryl methyl sites for hydroxylation is 1. The molecule has 5 N–H and O–H groups in total. The second-order valence-electron chi connectivity index (χ2n) is 5.65. The highest BCUT2D eigenvalue weighted by atomic mass is 16.3. The molecule has 1 aromatic heterocycles.